The summed E-state index contributed by atoms with van der Waals surface area (Å²) in [5.74, 6) is -5.55. The molecule has 0 saturated carbocycles. The lowest BCUT2D eigenvalue weighted by Gasteiger charge is -2.19. The molecule has 146 valence electrons. The number of anilines is 1. The topological polar surface area (TPSA) is 133 Å². The predicted octanol–water partition coefficient (Wildman–Crippen LogP) is 1.73. The molecule has 0 atom stereocenters. The van der Waals surface area contributed by atoms with Gasteiger partial charge in [0.05, 0.1) is 29.2 Å². The van der Waals surface area contributed by atoms with Gasteiger partial charge in [-0.05, 0) is 31.4 Å². The number of nitrogens with zero attached hydrogens (tertiary/aromatic N) is 2. The first-order valence-corrected chi connectivity index (χ1v) is 8.21. The largest absolute Gasteiger partial charge is 0.459 e. The van der Waals surface area contributed by atoms with Crippen LogP contribution in [0.2, 0.25) is 0 Å². The van der Waals surface area contributed by atoms with E-state index < -0.39 is 28.7 Å². The SMILES string of the molecule is CCOC(=O)C(=O)N(C(=O)C(=O)OCC)c1ccc2cccc([N+](=O)[O-])c2c1. The molecule has 0 aliphatic carbocycles. The maximum absolute atomic E-state index is 12.4. The quantitative estimate of drug-likeness (QED) is 0.335. The molecule has 0 saturated heterocycles. The molecule has 10 heteroatoms. The van der Waals surface area contributed by atoms with Crippen molar-refractivity contribution >= 4 is 45.9 Å². The molecule has 0 spiro atoms. The van der Waals surface area contributed by atoms with E-state index in [0.717, 1.165) is 0 Å². The zero-order valence-electron chi connectivity index (χ0n) is 15.0. The van der Waals surface area contributed by atoms with E-state index in [9.17, 15) is 29.3 Å². The van der Waals surface area contributed by atoms with Crippen molar-refractivity contribution < 1.29 is 33.6 Å². The number of carbonyl (C=O) groups excluding carboxylic acids is 4. The highest BCUT2D eigenvalue weighted by atomic mass is 16.6. The van der Waals surface area contributed by atoms with Crippen molar-refractivity contribution in [1.82, 2.24) is 0 Å². The number of amides is 2. The van der Waals surface area contributed by atoms with Crippen LogP contribution >= 0.6 is 0 Å². The second-order valence-corrected chi connectivity index (χ2v) is 5.33. The Morgan fingerprint density at radius 3 is 2.04 bits per heavy atom. The summed E-state index contributed by atoms with van der Waals surface area (Å²) in [5.41, 5.74) is -0.482. The molecule has 2 rings (SSSR count). The van der Waals surface area contributed by atoms with Crippen LogP contribution in [0.25, 0.3) is 10.8 Å². The van der Waals surface area contributed by atoms with Gasteiger partial charge < -0.3 is 9.47 Å². The number of hydrogen-bond donors (Lipinski definition) is 0. The molecule has 0 radical (unpaired) electrons. The van der Waals surface area contributed by atoms with E-state index >= 15 is 0 Å². The van der Waals surface area contributed by atoms with Crippen LogP contribution < -0.4 is 4.90 Å². The third kappa shape index (κ3) is 4.11. The Balaban J connectivity index is 2.62. The lowest BCUT2D eigenvalue weighted by molar-refractivity contribution is -0.383. The number of non-ortho nitro benzene ring substituents is 1. The first-order valence-electron chi connectivity index (χ1n) is 8.21. The van der Waals surface area contributed by atoms with Crippen LogP contribution in [-0.4, -0.2) is 41.9 Å². The van der Waals surface area contributed by atoms with Crippen LogP contribution in [0.4, 0.5) is 11.4 Å². The minimum atomic E-state index is -1.42. The lowest BCUT2D eigenvalue weighted by atomic mass is 10.1. The summed E-state index contributed by atoms with van der Waals surface area (Å²) in [6.07, 6.45) is 0. The fourth-order valence-electron chi connectivity index (χ4n) is 2.44. The van der Waals surface area contributed by atoms with Gasteiger partial charge in [0.15, 0.2) is 0 Å². The van der Waals surface area contributed by atoms with E-state index in [4.69, 9.17) is 0 Å². The van der Waals surface area contributed by atoms with Gasteiger partial charge >= 0.3 is 23.8 Å². The first kappa shape index (κ1) is 20.5. The van der Waals surface area contributed by atoms with Gasteiger partial charge in [-0.2, -0.15) is 0 Å². The summed E-state index contributed by atoms with van der Waals surface area (Å²) in [7, 11) is 0. The van der Waals surface area contributed by atoms with Crippen LogP contribution in [0.1, 0.15) is 13.8 Å². The number of esters is 2. The molecule has 0 aliphatic heterocycles. The Labute approximate surface area is 158 Å². The Bertz CT molecular complexity index is 939. The molecular weight excluding hydrogens is 372 g/mol. The smallest absolute Gasteiger partial charge is 0.397 e. The third-order valence-electron chi connectivity index (χ3n) is 3.60. The summed E-state index contributed by atoms with van der Waals surface area (Å²) in [6, 6.07) is 8.18. The number of carbonyl (C=O) groups is 4. The molecule has 0 bridgehead atoms. The average Bonchev–Trinajstić information content (AvgIpc) is 2.67. The van der Waals surface area contributed by atoms with Crippen LogP contribution in [0.3, 0.4) is 0 Å². The third-order valence-corrected chi connectivity index (χ3v) is 3.60. The maximum atomic E-state index is 12.4. The van der Waals surface area contributed by atoms with E-state index in [1.165, 1.54) is 44.2 Å². The van der Waals surface area contributed by atoms with Crippen molar-refractivity contribution in [3.05, 3.63) is 46.5 Å². The van der Waals surface area contributed by atoms with Gasteiger partial charge in [0, 0.05) is 6.07 Å². The molecule has 0 aliphatic rings. The minimum absolute atomic E-state index is 0.114. The maximum Gasteiger partial charge on any atom is 0.397 e. The molecule has 2 amide bonds. The number of ether oxygens (including phenoxy) is 2. The molecule has 0 fully saturated rings. The van der Waals surface area contributed by atoms with E-state index in [1.54, 1.807) is 6.07 Å². The summed E-state index contributed by atoms with van der Waals surface area (Å²) in [5, 5.41) is 11.8. The fraction of sp³-hybridized carbons (Fsp3) is 0.222. The van der Waals surface area contributed by atoms with Crippen LogP contribution in [0, 0.1) is 10.1 Å². The molecule has 0 heterocycles. The van der Waals surface area contributed by atoms with Crippen LogP contribution in [0.5, 0.6) is 0 Å². The number of nitro groups is 1. The van der Waals surface area contributed by atoms with E-state index in [1.807, 2.05) is 0 Å². The average molecular weight is 388 g/mol. The van der Waals surface area contributed by atoms with Crippen molar-refractivity contribution in [3.63, 3.8) is 0 Å². The number of hydrogen-bond acceptors (Lipinski definition) is 8. The zero-order valence-corrected chi connectivity index (χ0v) is 15.0. The van der Waals surface area contributed by atoms with Crippen molar-refractivity contribution in [2.24, 2.45) is 0 Å². The van der Waals surface area contributed by atoms with E-state index in [0.29, 0.717) is 5.39 Å². The second-order valence-electron chi connectivity index (χ2n) is 5.33. The zero-order chi connectivity index (χ0) is 20.8. The normalized spacial score (nSPS) is 10.2. The lowest BCUT2D eigenvalue weighted by Crippen LogP contribution is -2.46. The summed E-state index contributed by atoms with van der Waals surface area (Å²) < 4.78 is 9.21. The van der Waals surface area contributed by atoms with Crippen molar-refractivity contribution in [1.29, 1.82) is 0 Å². The van der Waals surface area contributed by atoms with Crippen molar-refractivity contribution in [3.8, 4) is 0 Å². The number of imide groups is 1. The Morgan fingerprint density at radius 2 is 1.54 bits per heavy atom. The molecule has 28 heavy (non-hydrogen) atoms. The minimum Gasteiger partial charge on any atom is -0.459 e. The Hall–Kier alpha value is -3.82. The summed E-state index contributed by atoms with van der Waals surface area (Å²) in [4.78, 5) is 59.5. The van der Waals surface area contributed by atoms with E-state index in [-0.39, 0.29) is 34.9 Å². The predicted molar refractivity (Wildman–Crippen MR) is 96.4 cm³/mol. The fourth-order valence-corrected chi connectivity index (χ4v) is 2.44. The van der Waals surface area contributed by atoms with Gasteiger partial charge in [-0.25, -0.2) is 14.5 Å². The van der Waals surface area contributed by atoms with Crippen LogP contribution in [-0.2, 0) is 28.7 Å². The molecule has 0 unspecified atom stereocenters. The standard InChI is InChI=1S/C18H16N2O8/c1-3-27-17(23)15(21)19(16(22)18(24)28-4-2)12-9-8-11-6-5-7-14(20(25)26)13(11)10-12/h5-10H,3-4H2,1-2H3. The Kier molecular flexibility index (Phi) is 6.38. The number of rotatable bonds is 4. The van der Waals surface area contributed by atoms with Crippen molar-refractivity contribution in [2.45, 2.75) is 13.8 Å². The highest BCUT2D eigenvalue weighted by Crippen LogP contribution is 2.30. The second kappa shape index (κ2) is 8.71. The molecule has 2 aromatic rings. The van der Waals surface area contributed by atoms with Gasteiger partial charge in [0.2, 0.25) is 0 Å². The number of benzene rings is 2. The Morgan fingerprint density at radius 1 is 0.964 bits per heavy atom. The summed E-state index contributed by atoms with van der Waals surface area (Å²) >= 11 is 0. The van der Waals surface area contributed by atoms with Gasteiger partial charge in [0.1, 0.15) is 0 Å². The molecular formula is C18H16N2O8. The number of fused-ring (bicyclic) bond motifs is 1. The highest BCUT2D eigenvalue weighted by molar-refractivity contribution is 6.52. The summed E-state index contributed by atoms with van der Waals surface area (Å²) in [6.45, 7) is 2.66. The molecule has 2 aromatic carbocycles. The first-order chi connectivity index (χ1) is 13.3. The van der Waals surface area contributed by atoms with Gasteiger partial charge in [0.25, 0.3) is 5.69 Å². The van der Waals surface area contributed by atoms with Gasteiger partial charge in [-0.3, -0.25) is 19.7 Å². The van der Waals surface area contributed by atoms with Crippen LogP contribution in [0.15, 0.2) is 36.4 Å². The molecule has 10 nitrogen and oxygen atoms in total. The number of nitro benzene ring substituents is 1. The molecule has 0 N–H and O–H groups in total. The highest BCUT2D eigenvalue weighted by Gasteiger charge is 2.35. The molecule has 0 aromatic heterocycles. The monoisotopic (exact) mass is 388 g/mol. The van der Waals surface area contributed by atoms with Crippen molar-refractivity contribution in [2.75, 3.05) is 18.1 Å². The van der Waals surface area contributed by atoms with Gasteiger partial charge in [-0.1, -0.05) is 18.2 Å². The van der Waals surface area contributed by atoms with E-state index in [2.05, 4.69) is 9.47 Å². The van der Waals surface area contributed by atoms with Gasteiger partial charge in [-0.15, -0.1) is 0 Å².